The maximum Gasteiger partial charge on any atom is 0.129 e. The third-order valence-corrected chi connectivity index (χ3v) is 2.12. The fourth-order valence-electron chi connectivity index (χ4n) is 0.824. The molecule has 0 aliphatic heterocycles. The van der Waals surface area contributed by atoms with Crippen molar-refractivity contribution in [1.29, 1.82) is 5.26 Å². The number of nitrogens with two attached hydrogens (primary N) is 1. The standard InChI is InChI=1S/C8H6BrFN2/c9-6-3-5(1-2-11)7(10)4-8(6)12/h3-4H,1,12H2. The Morgan fingerprint density at radius 3 is 2.83 bits per heavy atom. The second-order valence-corrected chi connectivity index (χ2v) is 3.15. The molecule has 0 atom stereocenters. The maximum atomic E-state index is 13.0. The lowest BCUT2D eigenvalue weighted by Gasteiger charge is -2.01. The molecule has 0 bridgehead atoms. The molecule has 4 heteroatoms. The molecule has 0 fully saturated rings. The summed E-state index contributed by atoms with van der Waals surface area (Å²) in [4.78, 5) is 0. The van der Waals surface area contributed by atoms with Crippen molar-refractivity contribution in [2.45, 2.75) is 6.42 Å². The predicted molar refractivity (Wildman–Crippen MR) is 47.8 cm³/mol. The Bertz CT molecular complexity index is 344. The summed E-state index contributed by atoms with van der Waals surface area (Å²) in [5.74, 6) is -0.433. The van der Waals surface area contributed by atoms with Crippen LogP contribution >= 0.6 is 15.9 Å². The molecule has 62 valence electrons. The third kappa shape index (κ3) is 1.74. The first kappa shape index (κ1) is 9.01. The van der Waals surface area contributed by atoms with Crippen molar-refractivity contribution in [2.24, 2.45) is 0 Å². The van der Waals surface area contributed by atoms with Crippen molar-refractivity contribution in [1.82, 2.24) is 0 Å². The first-order valence-corrected chi connectivity index (χ1v) is 4.05. The van der Waals surface area contributed by atoms with E-state index in [0.29, 0.717) is 15.7 Å². The molecule has 0 spiro atoms. The molecule has 1 rings (SSSR count). The van der Waals surface area contributed by atoms with Crippen LogP contribution in [-0.2, 0) is 6.42 Å². The molecule has 0 saturated heterocycles. The number of halogens is 2. The van der Waals surface area contributed by atoms with Crippen molar-refractivity contribution in [3.8, 4) is 6.07 Å². The SMILES string of the molecule is N#CCc1cc(Br)c(N)cc1F. The highest BCUT2D eigenvalue weighted by atomic mass is 79.9. The summed E-state index contributed by atoms with van der Waals surface area (Å²) in [5, 5.41) is 8.34. The average Bonchev–Trinajstić information content (AvgIpc) is 2.01. The molecule has 1 aromatic rings. The van der Waals surface area contributed by atoms with Crippen molar-refractivity contribution in [3.05, 3.63) is 28.0 Å². The molecule has 0 aliphatic carbocycles. The zero-order valence-corrected chi connectivity index (χ0v) is 7.73. The number of benzene rings is 1. The van der Waals surface area contributed by atoms with Crippen LogP contribution in [0.3, 0.4) is 0 Å². The highest BCUT2D eigenvalue weighted by Crippen LogP contribution is 2.23. The van der Waals surface area contributed by atoms with Gasteiger partial charge in [-0.1, -0.05) is 0 Å². The van der Waals surface area contributed by atoms with Gasteiger partial charge in [0.25, 0.3) is 0 Å². The minimum atomic E-state index is -0.433. The Hall–Kier alpha value is -1.08. The van der Waals surface area contributed by atoms with E-state index in [2.05, 4.69) is 15.9 Å². The minimum absolute atomic E-state index is 0.0602. The molecule has 0 radical (unpaired) electrons. The maximum absolute atomic E-state index is 13.0. The normalized spacial score (nSPS) is 9.42. The molecule has 0 unspecified atom stereocenters. The topological polar surface area (TPSA) is 49.8 Å². The molecule has 2 nitrogen and oxygen atoms in total. The molecule has 12 heavy (non-hydrogen) atoms. The largest absolute Gasteiger partial charge is 0.398 e. The van der Waals surface area contributed by atoms with Gasteiger partial charge in [0.1, 0.15) is 5.82 Å². The zero-order valence-electron chi connectivity index (χ0n) is 6.14. The van der Waals surface area contributed by atoms with Crippen molar-refractivity contribution >= 4 is 21.6 Å². The van der Waals surface area contributed by atoms with Crippen LogP contribution < -0.4 is 5.73 Å². The lowest BCUT2D eigenvalue weighted by Crippen LogP contribution is -1.93. The van der Waals surface area contributed by atoms with E-state index in [9.17, 15) is 4.39 Å². The predicted octanol–water partition coefficient (Wildman–Crippen LogP) is 2.24. The highest BCUT2D eigenvalue weighted by Gasteiger charge is 2.05. The van der Waals surface area contributed by atoms with E-state index in [1.807, 2.05) is 6.07 Å². The first-order chi connectivity index (χ1) is 5.65. The summed E-state index contributed by atoms with van der Waals surface area (Å²) < 4.78 is 13.6. The molecular weight excluding hydrogens is 223 g/mol. The van der Waals surface area contributed by atoms with Gasteiger partial charge in [0, 0.05) is 15.7 Å². The van der Waals surface area contributed by atoms with Crippen molar-refractivity contribution in [3.63, 3.8) is 0 Å². The molecule has 0 aromatic heterocycles. The number of nitrogen functional groups attached to an aromatic ring is 1. The number of nitrogens with zero attached hydrogens (tertiary/aromatic N) is 1. The van der Waals surface area contributed by atoms with Gasteiger partial charge in [0.2, 0.25) is 0 Å². The van der Waals surface area contributed by atoms with Gasteiger partial charge in [-0.2, -0.15) is 5.26 Å². The third-order valence-electron chi connectivity index (χ3n) is 1.44. The van der Waals surface area contributed by atoms with Gasteiger partial charge >= 0.3 is 0 Å². The van der Waals surface area contributed by atoms with Gasteiger partial charge in [-0.25, -0.2) is 4.39 Å². The summed E-state index contributed by atoms with van der Waals surface area (Å²) in [7, 11) is 0. The number of hydrogen-bond acceptors (Lipinski definition) is 2. The van der Waals surface area contributed by atoms with Crippen molar-refractivity contribution in [2.75, 3.05) is 5.73 Å². The van der Waals surface area contributed by atoms with Gasteiger partial charge in [-0.15, -0.1) is 0 Å². The fourth-order valence-corrected chi connectivity index (χ4v) is 1.21. The Kier molecular flexibility index (Phi) is 2.66. The Morgan fingerprint density at radius 2 is 2.25 bits per heavy atom. The van der Waals surface area contributed by atoms with Gasteiger partial charge in [-0.05, 0) is 28.1 Å². The average molecular weight is 229 g/mol. The van der Waals surface area contributed by atoms with Crippen LogP contribution in [0.1, 0.15) is 5.56 Å². The van der Waals surface area contributed by atoms with Gasteiger partial charge < -0.3 is 5.73 Å². The quantitative estimate of drug-likeness (QED) is 0.750. The lowest BCUT2D eigenvalue weighted by atomic mass is 10.1. The Balaban J connectivity index is 3.16. The van der Waals surface area contributed by atoms with E-state index < -0.39 is 5.82 Å². The number of anilines is 1. The Labute approximate surface area is 77.9 Å². The Morgan fingerprint density at radius 1 is 1.58 bits per heavy atom. The second-order valence-electron chi connectivity index (χ2n) is 2.30. The minimum Gasteiger partial charge on any atom is -0.398 e. The van der Waals surface area contributed by atoms with Crippen LogP contribution in [0.5, 0.6) is 0 Å². The van der Waals surface area contributed by atoms with E-state index in [1.54, 1.807) is 0 Å². The lowest BCUT2D eigenvalue weighted by molar-refractivity contribution is 0.615. The van der Waals surface area contributed by atoms with Crippen LogP contribution in [0.25, 0.3) is 0 Å². The van der Waals surface area contributed by atoms with Gasteiger partial charge in [0.15, 0.2) is 0 Å². The molecule has 0 saturated carbocycles. The summed E-state index contributed by atoms with van der Waals surface area (Å²) in [6.07, 6.45) is 0.0602. The number of rotatable bonds is 1. The van der Waals surface area contributed by atoms with Crippen LogP contribution in [-0.4, -0.2) is 0 Å². The smallest absolute Gasteiger partial charge is 0.129 e. The van der Waals surface area contributed by atoms with E-state index in [1.165, 1.54) is 12.1 Å². The highest BCUT2D eigenvalue weighted by molar-refractivity contribution is 9.10. The van der Waals surface area contributed by atoms with Gasteiger partial charge in [0.05, 0.1) is 12.5 Å². The fraction of sp³-hybridized carbons (Fsp3) is 0.125. The van der Waals surface area contributed by atoms with Crippen molar-refractivity contribution < 1.29 is 4.39 Å². The van der Waals surface area contributed by atoms with Crippen LogP contribution in [0.2, 0.25) is 0 Å². The summed E-state index contributed by atoms with van der Waals surface area (Å²) >= 11 is 3.15. The monoisotopic (exact) mass is 228 g/mol. The number of nitriles is 1. The van der Waals surface area contributed by atoms with E-state index in [-0.39, 0.29) is 6.42 Å². The molecule has 0 amide bonds. The molecule has 0 aliphatic rings. The molecule has 2 N–H and O–H groups in total. The zero-order chi connectivity index (χ0) is 9.14. The summed E-state index contributed by atoms with van der Waals surface area (Å²) in [5.41, 5.74) is 6.12. The van der Waals surface area contributed by atoms with Gasteiger partial charge in [-0.3, -0.25) is 0 Å². The van der Waals surface area contributed by atoms with Crippen LogP contribution in [0, 0.1) is 17.1 Å². The van der Waals surface area contributed by atoms with E-state index >= 15 is 0 Å². The summed E-state index contributed by atoms with van der Waals surface area (Å²) in [6.45, 7) is 0. The first-order valence-electron chi connectivity index (χ1n) is 3.25. The van der Waals surface area contributed by atoms with Crippen LogP contribution in [0.4, 0.5) is 10.1 Å². The second kappa shape index (κ2) is 3.55. The van der Waals surface area contributed by atoms with Crippen LogP contribution in [0.15, 0.2) is 16.6 Å². The molecule has 0 heterocycles. The number of hydrogen-bond donors (Lipinski definition) is 1. The summed E-state index contributed by atoms with van der Waals surface area (Å²) in [6, 6.07) is 4.60. The van der Waals surface area contributed by atoms with E-state index in [0.717, 1.165) is 0 Å². The van der Waals surface area contributed by atoms with E-state index in [4.69, 9.17) is 11.0 Å². The molecule has 1 aromatic carbocycles. The molecular formula is C8H6BrFN2.